The van der Waals surface area contributed by atoms with E-state index in [0.717, 1.165) is 16.2 Å². The number of benzene rings is 1. The normalized spacial score (nSPS) is 18.8. The number of allylic oxidation sites excluding steroid dienone is 1. The summed E-state index contributed by atoms with van der Waals surface area (Å²) in [7, 11) is 0. The SMILES string of the molecule is Cc1cccc(F)c1C(=O)Nc1ccc(C2SC(c3ccno3)=CC2C)cn1. The zero-order valence-electron chi connectivity index (χ0n) is 15.3. The van der Waals surface area contributed by atoms with Gasteiger partial charge in [-0.15, -0.1) is 11.8 Å². The van der Waals surface area contributed by atoms with Crippen LogP contribution in [0.25, 0.3) is 4.91 Å². The minimum Gasteiger partial charge on any atom is -0.356 e. The van der Waals surface area contributed by atoms with Crippen LogP contribution in [0.2, 0.25) is 0 Å². The third-order valence-corrected chi connectivity index (χ3v) is 6.18. The Morgan fingerprint density at radius 1 is 1.25 bits per heavy atom. The summed E-state index contributed by atoms with van der Waals surface area (Å²) in [5, 5.41) is 6.62. The fourth-order valence-corrected chi connectivity index (χ4v) is 4.57. The second-order valence-electron chi connectivity index (χ2n) is 6.67. The summed E-state index contributed by atoms with van der Waals surface area (Å²) in [6.07, 6.45) is 5.53. The number of hydrogen-bond donors (Lipinski definition) is 1. The van der Waals surface area contributed by atoms with E-state index in [-0.39, 0.29) is 10.8 Å². The molecule has 2 atom stereocenters. The van der Waals surface area contributed by atoms with Crippen LogP contribution in [0.1, 0.15) is 39.4 Å². The van der Waals surface area contributed by atoms with Gasteiger partial charge in [-0.1, -0.05) is 36.4 Å². The lowest BCUT2D eigenvalue weighted by Crippen LogP contribution is -2.16. The standard InChI is InChI=1S/C21H18FN3O2S/c1-12-4-3-5-15(22)19(12)21(26)25-18-7-6-14(11-23-18)20-13(2)10-17(28-20)16-8-9-24-27-16/h3-11,13,20H,1-2H3,(H,23,25,26). The first-order chi connectivity index (χ1) is 13.5. The highest BCUT2D eigenvalue weighted by molar-refractivity contribution is 8.08. The molecule has 1 aliphatic rings. The average Bonchev–Trinajstić information content (AvgIpc) is 3.32. The molecule has 0 radical (unpaired) electrons. The third kappa shape index (κ3) is 3.57. The van der Waals surface area contributed by atoms with Crippen LogP contribution >= 0.6 is 11.8 Å². The van der Waals surface area contributed by atoms with Crippen LogP contribution in [-0.4, -0.2) is 16.0 Å². The van der Waals surface area contributed by atoms with Crippen molar-refractivity contribution in [2.24, 2.45) is 5.92 Å². The van der Waals surface area contributed by atoms with Gasteiger partial charge in [0, 0.05) is 22.4 Å². The zero-order valence-corrected chi connectivity index (χ0v) is 16.2. The molecule has 3 aromatic rings. The summed E-state index contributed by atoms with van der Waals surface area (Å²) < 4.78 is 19.2. The van der Waals surface area contributed by atoms with Gasteiger partial charge in [0.05, 0.1) is 11.8 Å². The quantitative estimate of drug-likeness (QED) is 0.655. The summed E-state index contributed by atoms with van der Waals surface area (Å²) in [4.78, 5) is 17.8. The molecule has 4 rings (SSSR count). The number of carbonyl (C=O) groups is 1. The number of carbonyl (C=O) groups excluding carboxylic acids is 1. The fraction of sp³-hybridized carbons (Fsp3) is 0.190. The van der Waals surface area contributed by atoms with Crippen LogP contribution in [0.5, 0.6) is 0 Å². The lowest BCUT2D eigenvalue weighted by atomic mass is 10.0. The number of thioether (sulfide) groups is 1. The molecule has 2 aromatic heterocycles. The summed E-state index contributed by atoms with van der Waals surface area (Å²) in [6.45, 7) is 3.84. The molecule has 0 aliphatic carbocycles. The molecule has 3 heterocycles. The van der Waals surface area contributed by atoms with Crippen molar-refractivity contribution in [3.63, 3.8) is 0 Å². The Balaban J connectivity index is 1.47. The number of anilines is 1. The lowest BCUT2D eigenvalue weighted by molar-refractivity contribution is 0.102. The Kier molecular flexibility index (Phi) is 5.00. The predicted octanol–water partition coefficient (Wildman–Crippen LogP) is 5.23. The third-order valence-electron chi connectivity index (χ3n) is 4.63. The van der Waals surface area contributed by atoms with E-state index in [1.807, 2.05) is 12.1 Å². The number of amides is 1. The van der Waals surface area contributed by atoms with E-state index in [0.29, 0.717) is 17.3 Å². The smallest absolute Gasteiger partial charge is 0.260 e. The van der Waals surface area contributed by atoms with Crippen LogP contribution in [-0.2, 0) is 0 Å². The zero-order chi connectivity index (χ0) is 19.7. The van der Waals surface area contributed by atoms with Gasteiger partial charge in [0.15, 0.2) is 5.76 Å². The first-order valence-electron chi connectivity index (χ1n) is 8.85. The molecule has 1 amide bonds. The van der Waals surface area contributed by atoms with Gasteiger partial charge >= 0.3 is 0 Å². The highest BCUT2D eigenvalue weighted by Crippen LogP contribution is 2.51. The highest BCUT2D eigenvalue weighted by Gasteiger charge is 2.29. The molecule has 0 fully saturated rings. The maximum absolute atomic E-state index is 14.0. The van der Waals surface area contributed by atoms with Gasteiger partial charge in [0.1, 0.15) is 11.6 Å². The van der Waals surface area contributed by atoms with E-state index in [4.69, 9.17) is 4.52 Å². The van der Waals surface area contributed by atoms with Crippen molar-refractivity contribution in [3.05, 3.63) is 83.1 Å². The number of pyridine rings is 1. The molecular formula is C21H18FN3O2S. The molecule has 7 heteroatoms. The molecule has 28 heavy (non-hydrogen) atoms. The van der Waals surface area contributed by atoms with Gasteiger partial charge in [0.2, 0.25) is 0 Å². The van der Waals surface area contributed by atoms with Crippen LogP contribution in [0, 0.1) is 18.7 Å². The Bertz CT molecular complexity index is 1010. The summed E-state index contributed by atoms with van der Waals surface area (Å²) in [6, 6.07) is 10.1. The number of aromatic nitrogens is 2. The molecule has 0 saturated heterocycles. The van der Waals surface area contributed by atoms with E-state index in [1.54, 1.807) is 49.3 Å². The number of nitrogens with one attached hydrogen (secondary N) is 1. The Morgan fingerprint density at radius 2 is 2.11 bits per heavy atom. The van der Waals surface area contributed by atoms with E-state index < -0.39 is 11.7 Å². The minimum atomic E-state index is -0.545. The largest absolute Gasteiger partial charge is 0.356 e. The molecule has 142 valence electrons. The van der Waals surface area contributed by atoms with Crippen LogP contribution < -0.4 is 5.32 Å². The van der Waals surface area contributed by atoms with Crippen molar-refractivity contribution < 1.29 is 13.7 Å². The second kappa shape index (κ2) is 7.59. The molecular weight excluding hydrogens is 377 g/mol. The molecule has 1 N–H and O–H groups in total. The Hall–Kier alpha value is -2.93. The number of halogens is 1. The molecule has 0 bridgehead atoms. The van der Waals surface area contributed by atoms with Gasteiger partial charge in [-0.2, -0.15) is 0 Å². The lowest BCUT2D eigenvalue weighted by Gasteiger charge is -2.15. The Labute approximate surface area is 166 Å². The number of rotatable bonds is 4. The maximum Gasteiger partial charge on any atom is 0.260 e. The van der Waals surface area contributed by atoms with Gasteiger partial charge < -0.3 is 9.84 Å². The topological polar surface area (TPSA) is 68.0 Å². The van der Waals surface area contributed by atoms with Gasteiger partial charge in [-0.05, 0) is 36.1 Å². The van der Waals surface area contributed by atoms with Crippen LogP contribution in [0.3, 0.4) is 0 Å². The Morgan fingerprint density at radius 3 is 2.79 bits per heavy atom. The van der Waals surface area contributed by atoms with E-state index in [9.17, 15) is 9.18 Å². The van der Waals surface area contributed by atoms with Crippen LogP contribution in [0.15, 0.2) is 59.4 Å². The van der Waals surface area contributed by atoms with Crippen molar-refractivity contribution >= 4 is 28.4 Å². The van der Waals surface area contributed by atoms with Crippen molar-refractivity contribution in [2.45, 2.75) is 19.1 Å². The molecule has 1 aliphatic heterocycles. The number of hydrogen-bond acceptors (Lipinski definition) is 5. The monoisotopic (exact) mass is 395 g/mol. The highest BCUT2D eigenvalue weighted by atomic mass is 32.2. The predicted molar refractivity (Wildman–Crippen MR) is 107 cm³/mol. The summed E-state index contributed by atoms with van der Waals surface area (Å²) in [5.41, 5.74) is 1.66. The van der Waals surface area contributed by atoms with Crippen molar-refractivity contribution in [1.82, 2.24) is 10.1 Å². The van der Waals surface area contributed by atoms with Crippen molar-refractivity contribution in [2.75, 3.05) is 5.32 Å². The number of aryl methyl sites for hydroxylation is 1. The fourth-order valence-electron chi connectivity index (χ4n) is 3.21. The molecule has 0 spiro atoms. The summed E-state index contributed by atoms with van der Waals surface area (Å²) >= 11 is 1.70. The van der Waals surface area contributed by atoms with Crippen molar-refractivity contribution in [3.8, 4) is 0 Å². The number of nitrogens with zero attached hydrogens (tertiary/aromatic N) is 2. The molecule has 2 unspecified atom stereocenters. The van der Waals surface area contributed by atoms with Crippen LogP contribution in [0.4, 0.5) is 10.2 Å². The molecule has 5 nitrogen and oxygen atoms in total. The first-order valence-corrected chi connectivity index (χ1v) is 9.73. The maximum atomic E-state index is 14.0. The molecule has 1 aromatic carbocycles. The average molecular weight is 395 g/mol. The molecule has 0 saturated carbocycles. The van der Waals surface area contributed by atoms with Gasteiger partial charge in [-0.25, -0.2) is 9.37 Å². The van der Waals surface area contributed by atoms with Gasteiger partial charge in [-0.3, -0.25) is 4.79 Å². The van der Waals surface area contributed by atoms with E-state index >= 15 is 0 Å². The minimum absolute atomic E-state index is 0.0363. The van der Waals surface area contributed by atoms with Crippen molar-refractivity contribution in [1.29, 1.82) is 0 Å². The second-order valence-corrected chi connectivity index (χ2v) is 7.85. The van der Waals surface area contributed by atoms with E-state index in [1.165, 1.54) is 6.07 Å². The van der Waals surface area contributed by atoms with Gasteiger partial charge in [0.25, 0.3) is 5.91 Å². The first kappa shape index (κ1) is 18.4. The summed E-state index contributed by atoms with van der Waals surface area (Å²) in [5.74, 6) is 0.394. The van der Waals surface area contributed by atoms with E-state index in [2.05, 4.69) is 28.5 Å².